The van der Waals surface area contributed by atoms with Gasteiger partial charge in [-0.2, -0.15) is 0 Å². The van der Waals surface area contributed by atoms with Gasteiger partial charge >= 0.3 is 0 Å². The summed E-state index contributed by atoms with van der Waals surface area (Å²) >= 11 is 5.83. The fourth-order valence-corrected chi connectivity index (χ4v) is 2.38. The number of carbonyl (C=O) groups excluding carboxylic acids is 2. The summed E-state index contributed by atoms with van der Waals surface area (Å²) in [6, 6.07) is 6.06. The average molecular weight is 355 g/mol. The van der Waals surface area contributed by atoms with Crippen molar-refractivity contribution in [2.45, 2.75) is 39.2 Å². The van der Waals surface area contributed by atoms with E-state index in [-0.39, 0.29) is 11.8 Å². The lowest BCUT2D eigenvalue weighted by molar-refractivity contribution is -0.123. The lowest BCUT2D eigenvalue weighted by Crippen LogP contribution is -2.47. The van der Waals surface area contributed by atoms with Crippen LogP contribution in [0.15, 0.2) is 24.3 Å². The highest BCUT2D eigenvalue weighted by atomic mass is 35.5. The minimum atomic E-state index is -0.546. The Kier molecular flexibility index (Phi) is 9.42. The second kappa shape index (κ2) is 11.0. The zero-order valence-corrected chi connectivity index (χ0v) is 15.4. The summed E-state index contributed by atoms with van der Waals surface area (Å²) in [7, 11) is 1.66. The Labute approximate surface area is 149 Å². The summed E-state index contributed by atoms with van der Waals surface area (Å²) in [5.41, 5.74) is 0.487. The van der Waals surface area contributed by atoms with E-state index in [1.807, 2.05) is 13.8 Å². The molecule has 0 aliphatic heterocycles. The first-order valence-electron chi connectivity index (χ1n) is 8.27. The number of amides is 2. The largest absolute Gasteiger partial charge is 0.385 e. The molecule has 0 heterocycles. The quantitative estimate of drug-likeness (QED) is 0.635. The van der Waals surface area contributed by atoms with E-state index >= 15 is 0 Å². The predicted octanol–water partition coefficient (Wildman–Crippen LogP) is 3.03. The van der Waals surface area contributed by atoms with Crippen molar-refractivity contribution in [2.24, 2.45) is 5.92 Å². The lowest BCUT2D eigenvalue weighted by Gasteiger charge is -2.20. The van der Waals surface area contributed by atoms with Gasteiger partial charge in [0.05, 0.1) is 0 Å². The number of hydrogen-bond acceptors (Lipinski definition) is 3. The maximum atomic E-state index is 12.4. The standard InChI is InChI=1S/C18H27ClN2O3/c1-13(2)12-16(18(23)20-10-4-5-11-24-3)21-17(22)14-6-8-15(19)9-7-14/h6-9,13,16H,4-5,10-12H2,1-3H3,(H,20,23)(H,21,22). The molecule has 6 heteroatoms. The number of rotatable bonds is 10. The number of ether oxygens (including phenoxy) is 1. The Morgan fingerprint density at radius 2 is 1.83 bits per heavy atom. The van der Waals surface area contributed by atoms with Gasteiger partial charge in [-0.15, -0.1) is 0 Å². The number of methoxy groups -OCH3 is 1. The SMILES string of the molecule is COCCCCNC(=O)C(CC(C)C)NC(=O)c1ccc(Cl)cc1. The van der Waals surface area contributed by atoms with Gasteiger partial charge in [0, 0.05) is 30.8 Å². The van der Waals surface area contributed by atoms with E-state index in [1.54, 1.807) is 31.4 Å². The Morgan fingerprint density at radius 3 is 2.42 bits per heavy atom. The van der Waals surface area contributed by atoms with Crippen molar-refractivity contribution in [3.63, 3.8) is 0 Å². The van der Waals surface area contributed by atoms with Crippen LogP contribution < -0.4 is 10.6 Å². The molecular weight excluding hydrogens is 328 g/mol. The number of halogens is 1. The lowest BCUT2D eigenvalue weighted by atomic mass is 10.0. The van der Waals surface area contributed by atoms with E-state index in [2.05, 4.69) is 10.6 Å². The maximum absolute atomic E-state index is 12.4. The van der Waals surface area contributed by atoms with Gasteiger partial charge in [-0.05, 0) is 49.4 Å². The van der Waals surface area contributed by atoms with Crippen molar-refractivity contribution < 1.29 is 14.3 Å². The van der Waals surface area contributed by atoms with Crippen LogP contribution in [0, 0.1) is 5.92 Å². The zero-order valence-electron chi connectivity index (χ0n) is 14.6. The van der Waals surface area contributed by atoms with Gasteiger partial charge in [-0.3, -0.25) is 9.59 Å². The number of carbonyl (C=O) groups is 2. The molecule has 0 aliphatic carbocycles. The molecule has 24 heavy (non-hydrogen) atoms. The van der Waals surface area contributed by atoms with Crippen LogP contribution in [0.5, 0.6) is 0 Å². The van der Waals surface area contributed by atoms with Gasteiger partial charge < -0.3 is 15.4 Å². The van der Waals surface area contributed by atoms with Crippen molar-refractivity contribution in [3.8, 4) is 0 Å². The van der Waals surface area contributed by atoms with Crippen molar-refractivity contribution in [2.75, 3.05) is 20.3 Å². The average Bonchev–Trinajstić information content (AvgIpc) is 2.54. The molecule has 0 saturated carbocycles. The molecule has 0 bridgehead atoms. The third-order valence-electron chi connectivity index (χ3n) is 3.51. The third kappa shape index (κ3) is 7.79. The smallest absolute Gasteiger partial charge is 0.251 e. The Bertz CT molecular complexity index is 518. The number of benzene rings is 1. The summed E-state index contributed by atoms with van der Waals surface area (Å²) in [5.74, 6) is -0.130. The van der Waals surface area contributed by atoms with Crippen LogP contribution in [0.1, 0.15) is 43.5 Å². The normalized spacial score (nSPS) is 12.0. The van der Waals surface area contributed by atoms with Crippen molar-refractivity contribution in [1.82, 2.24) is 10.6 Å². The Balaban J connectivity index is 2.58. The highest BCUT2D eigenvalue weighted by Gasteiger charge is 2.22. The molecular formula is C18H27ClN2O3. The van der Waals surface area contributed by atoms with Crippen molar-refractivity contribution in [1.29, 1.82) is 0 Å². The van der Waals surface area contributed by atoms with E-state index in [4.69, 9.17) is 16.3 Å². The fourth-order valence-electron chi connectivity index (χ4n) is 2.25. The molecule has 134 valence electrons. The van der Waals surface area contributed by atoms with Crippen LogP contribution in [0.3, 0.4) is 0 Å². The van der Waals surface area contributed by atoms with Gasteiger partial charge in [0.1, 0.15) is 6.04 Å². The van der Waals surface area contributed by atoms with Crippen molar-refractivity contribution in [3.05, 3.63) is 34.9 Å². The third-order valence-corrected chi connectivity index (χ3v) is 3.76. The first kappa shape index (κ1) is 20.5. The van der Waals surface area contributed by atoms with Crippen LogP contribution in [0.4, 0.5) is 0 Å². The van der Waals surface area contributed by atoms with Gasteiger partial charge in [0.2, 0.25) is 5.91 Å². The molecule has 0 aromatic heterocycles. The highest BCUT2D eigenvalue weighted by molar-refractivity contribution is 6.30. The molecule has 1 unspecified atom stereocenters. The minimum Gasteiger partial charge on any atom is -0.385 e. The second-order valence-electron chi connectivity index (χ2n) is 6.15. The molecule has 0 spiro atoms. The first-order valence-corrected chi connectivity index (χ1v) is 8.65. The molecule has 1 atom stereocenters. The van der Waals surface area contributed by atoms with Gasteiger partial charge in [0.25, 0.3) is 5.91 Å². The van der Waals surface area contributed by atoms with E-state index in [1.165, 1.54) is 0 Å². The molecule has 1 rings (SSSR count). The van der Waals surface area contributed by atoms with Crippen LogP contribution >= 0.6 is 11.6 Å². The molecule has 2 N–H and O–H groups in total. The fraction of sp³-hybridized carbons (Fsp3) is 0.556. The highest BCUT2D eigenvalue weighted by Crippen LogP contribution is 2.11. The first-order chi connectivity index (χ1) is 11.4. The minimum absolute atomic E-state index is 0.150. The number of hydrogen-bond donors (Lipinski definition) is 2. The molecule has 1 aromatic rings. The zero-order chi connectivity index (χ0) is 17.9. The summed E-state index contributed by atoms with van der Waals surface area (Å²) < 4.78 is 4.98. The van der Waals surface area contributed by atoms with Crippen molar-refractivity contribution >= 4 is 23.4 Å². The molecule has 0 radical (unpaired) electrons. The summed E-state index contributed by atoms with van der Waals surface area (Å²) in [5, 5.41) is 6.27. The molecule has 0 fully saturated rings. The predicted molar refractivity (Wildman–Crippen MR) is 96.3 cm³/mol. The van der Waals surface area contributed by atoms with Gasteiger partial charge in [-0.1, -0.05) is 25.4 Å². The molecule has 0 aliphatic rings. The summed E-state index contributed by atoms with van der Waals surface area (Å²) in [6.45, 7) is 5.30. The van der Waals surface area contributed by atoms with Gasteiger partial charge in [0.15, 0.2) is 0 Å². The molecule has 0 saturated heterocycles. The molecule has 5 nitrogen and oxygen atoms in total. The summed E-state index contributed by atoms with van der Waals surface area (Å²) in [6.07, 6.45) is 2.32. The van der Waals surface area contributed by atoms with E-state index in [0.29, 0.717) is 36.1 Å². The van der Waals surface area contributed by atoms with Gasteiger partial charge in [-0.25, -0.2) is 0 Å². The second-order valence-corrected chi connectivity index (χ2v) is 6.59. The van der Waals surface area contributed by atoms with E-state index in [9.17, 15) is 9.59 Å². The molecule has 2 amide bonds. The van der Waals surface area contributed by atoms with E-state index < -0.39 is 6.04 Å². The van der Waals surface area contributed by atoms with E-state index in [0.717, 1.165) is 12.8 Å². The molecule has 1 aromatic carbocycles. The van der Waals surface area contributed by atoms with Crippen LogP contribution in [-0.4, -0.2) is 38.1 Å². The van der Waals surface area contributed by atoms with Crippen LogP contribution in [0.25, 0.3) is 0 Å². The van der Waals surface area contributed by atoms with Crippen LogP contribution in [-0.2, 0) is 9.53 Å². The Morgan fingerprint density at radius 1 is 1.17 bits per heavy atom. The number of unbranched alkanes of at least 4 members (excludes halogenated alkanes) is 1. The van der Waals surface area contributed by atoms with Crippen LogP contribution in [0.2, 0.25) is 5.02 Å². The Hall–Kier alpha value is -1.59. The maximum Gasteiger partial charge on any atom is 0.251 e. The number of nitrogens with one attached hydrogen (secondary N) is 2. The topological polar surface area (TPSA) is 67.4 Å². The summed E-state index contributed by atoms with van der Waals surface area (Å²) in [4.78, 5) is 24.7. The monoisotopic (exact) mass is 354 g/mol.